The van der Waals surface area contributed by atoms with Gasteiger partial charge < -0.3 is 13.9 Å². The molecule has 0 aliphatic carbocycles. The van der Waals surface area contributed by atoms with Gasteiger partial charge in [-0.15, -0.1) is 5.10 Å². The predicted octanol–water partition coefficient (Wildman–Crippen LogP) is 1.75. The number of nitriles is 1. The number of fused-ring (bicyclic) bond motifs is 1. The summed E-state index contributed by atoms with van der Waals surface area (Å²) >= 11 is 0. The minimum atomic E-state index is -0.821. The van der Waals surface area contributed by atoms with Gasteiger partial charge in [-0.1, -0.05) is 0 Å². The Morgan fingerprint density at radius 2 is 2.43 bits per heavy atom. The first-order chi connectivity index (χ1) is 11.2. The SMILES string of the molecule is CCOC(=O)Cc1[nH]nc2c1C(c1ccoc1)C(C#N)C(=N)O2. The summed E-state index contributed by atoms with van der Waals surface area (Å²) in [6.45, 7) is 2.01. The molecular formula is C15H14N4O4. The third kappa shape index (κ3) is 2.57. The van der Waals surface area contributed by atoms with Gasteiger partial charge in [0.1, 0.15) is 5.92 Å². The third-order valence-electron chi connectivity index (χ3n) is 3.65. The van der Waals surface area contributed by atoms with Crippen molar-refractivity contribution in [2.24, 2.45) is 5.92 Å². The van der Waals surface area contributed by atoms with Gasteiger partial charge in [0, 0.05) is 11.5 Å². The molecule has 118 valence electrons. The highest BCUT2D eigenvalue weighted by molar-refractivity contribution is 5.85. The van der Waals surface area contributed by atoms with Crippen LogP contribution < -0.4 is 4.74 Å². The Morgan fingerprint density at radius 3 is 3.09 bits per heavy atom. The average molecular weight is 314 g/mol. The Labute approximate surface area is 131 Å². The zero-order chi connectivity index (χ0) is 16.4. The number of furan rings is 1. The number of aromatic nitrogens is 2. The molecule has 8 nitrogen and oxygen atoms in total. The van der Waals surface area contributed by atoms with E-state index in [4.69, 9.17) is 19.3 Å². The van der Waals surface area contributed by atoms with E-state index in [0.717, 1.165) is 5.56 Å². The third-order valence-corrected chi connectivity index (χ3v) is 3.65. The van der Waals surface area contributed by atoms with Gasteiger partial charge in [0.2, 0.25) is 11.8 Å². The van der Waals surface area contributed by atoms with Crippen LogP contribution in [0.4, 0.5) is 0 Å². The Kier molecular flexibility index (Phi) is 3.85. The number of carbonyl (C=O) groups is 1. The van der Waals surface area contributed by atoms with Crippen molar-refractivity contribution in [2.75, 3.05) is 6.61 Å². The molecule has 2 unspecified atom stereocenters. The summed E-state index contributed by atoms with van der Waals surface area (Å²) < 4.78 is 15.4. The summed E-state index contributed by atoms with van der Waals surface area (Å²) in [4.78, 5) is 11.8. The summed E-state index contributed by atoms with van der Waals surface area (Å²) in [5, 5.41) is 24.1. The molecule has 0 aromatic carbocycles. The fourth-order valence-corrected chi connectivity index (χ4v) is 2.69. The molecule has 0 saturated carbocycles. The molecule has 2 N–H and O–H groups in total. The number of hydrogen-bond acceptors (Lipinski definition) is 7. The van der Waals surface area contributed by atoms with Crippen molar-refractivity contribution in [3.63, 3.8) is 0 Å². The van der Waals surface area contributed by atoms with E-state index in [1.807, 2.05) is 0 Å². The lowest BCUT2D eigenvalue weighted by Gasteiger charge is -2.26. The molecule has 1 aliphatic rings. The molecule has 0 amide bonds. The van der Waals surface area contributed by atoms with Crippen LogP contribution in [0.3, 0.4) is 0 Å². The molecule has 23 heavy (non-hydrogen) atoms. The highest BCUT2D eigenvalue weighted by Crippen LogP contribution is 2.43. The molecule has 2 aromatic rings. The minimum absolute atomic E-state index is 0.0145. The van der Waals surface area contributed by atoms with Gasteiger partial charge in [0.15, 0.2) is 0 Å². The second kappa shape index (κ2) is 5.96. The van der Waals surface area contributed by atoms with Gasteiger partial charge in [-0.05, 0) is 18.6 Å². The van der Waals surface area contributed by atoms with E-state index in [1.54, 1.807) is 13.0 Å². The maximum absolute atomic E-state index is 11.8. The lowest BCUT2D eigenvalue weighted by atomic mass is 9.80. The number of nitrogens with one attached hydrogen (secondary N) is 2. The van der Waals surface area contributed by atoms with Crippen LogP contribution in [0.25, 0.3) is 0 Å². The first-order valence-electron chi connectivity index (χ1n) is 7.06. The van der Waals surface area contributed by atoms with Crippen LogP contribution >= 0.6 is 0 Å². The molecular weight excluding hydrogens is 300 g/mol. The summed E-state index contributed by atoms with van der Waals surface area (Å²) in [7, 11) is 0. The van der Waals surface area contributed by atoms with Gasteiger partial charge in [-0.3, -0.25) is 15.3 Å². The van der Waals surface area contributed by atoms with Crippen molar-refractivity contribution in [2.45, 2.75) is 19.3 Å². The van der Waals surface area contributed by atoms with Crippen molar-refractivity contribution in [1.29, 1.82) is 10.7 Å². The lowest BCUT2D eigenvalue weighted by molar-refractivity contribution is -0.142. The number of aromatic amines is 1. The number of H-pyrrole nitrogens is 1. The highest BCUT2D eigenvalue weighted by Gasteiger charge is 2.41. The predicted molar refractivity (Wildman–Crippen MR) is 76.9 cm³/mol. The number of nitrogens with zero attached hydrogens (tertiary/aromatic N) is 2. The van der Waals surface area contributed by atoms with Crippen molar-refractivity contribution >= 4 is 11.9 Å². The molecule has 1 aliphatic heterocycles. The van der Waals surface area contributed by atoms with E-state index < -0.39 is 17.8 Å². The van der Waals surface area contributed by atoms with Crippen LogP contribution in [0.2, 0.25) is 0 Å². The van der Waals surface area contributed by atoms with Crippen molar-refractivity contribution in [1.82, 2.24) is 10.2 Å². The number of hydrogen-bond donors (Lipinski definition) is 2. The first-order valence-corrected chi connectivity index (χ1v) is 7.06. The van der Waals surface area contributed by atoms with E-state index in [2.05, 4.69) is 16.3 Å². The molecule has 0 fully saturated rings. The maximum Gasteiger partial charge on any atom is 0.311 e. The van der Waals surface area contributed by atoms with Crippen LogP contribution in [0, 0.1) is 22.7 Å². The highest BCUT2D eigenvalue weighted by atomic mass is 16.5. The Bertz CT molecular complexity index is 772. The first kappa shape index (κ1) is 14.8. The summed E-state index contributed by atoms with van der Waals surface area (Å²) in [5.74, 6) is -1.69. The molecule has 0 bridgehead atoms. The zero-order valence-electron chi connectivity index (χ0n) is 12.3. The second-order valence-electron chi connectivity index (χ2n) is 5.01. The Hall–Kier alpha value is -3.08. The van der Waals surface area contributed by atoms with Crippen molar-refractivity contribution in [3.8, 4) is 11.9 Å². The lowest BCUT2D eigenvalue weighted by Crippen LogP contribution is -2.31. The monoisotopic (exact) mass is 314 g/mol. The molecule has 0 radical (unpaired) electrons. The van der Waals surface area contributed by atoms with Crippen LogP contribution in [0.15, 0.2) is 23.0 Å². The van der Waals surface area contributed by atoms with Gasteiger partial charge >= 0.3 is 5.97 Å². The topological polar surface area (TPSA) is 125 Å². The number of rotatable bonds is 4. The molecule has 2 atom stereocenters. The van der Waals surface area contributed by atoms with Gasteiger partial charge in [0.25, 0.3) is 0 Å². The summed E-state index contributed by atoms with van der Waals surface area (Å²) in [5.41, 5.74) is 1.82. The van der Waals surface area contributed by atoms with Crippen molar-refractivity contribution in [3.05, 3.63) is 35.4 Å². The van der Waals surface area contributed by atoms with Crippen LogP contribution in [-0.4, -0.2) is 28.7 Å². The maximum atomic E-state index is 11.8. The second-order valence-corrected chi connectivity index (χ2v) is 5.01. The van der Waals surface area contributed by atoms with E-state index in [0.29, 0.717) is 11.3 Å². The average Bonchev–Trinajstić information content (AvgIpc) is 3.16. The molecule has 3 heterocycles. The fourth-order valence-electron chi connectivity index (χ4n) is 2.69. The molecule has 8 heteroatoms. The number of esters is 1. The Morgan fingerprint density at radius 1 is 1.61 bits per heavy atom. The van der Waals surface area contributed by atoms with Gasteiger partial charge in [-0.25, -0.2) is 0 Å². The molecule has 3 rings (SSSR count). The zero-order valence-corrected chi connectivity index (χ0v) is 12.3. The fraction of sp³-hybridized carbons (Fsp3) is 0.333. The van der Waals surface area contributed by atoms with Crippen LogP contribution in [-0.2, 0) is 16.0 Å². The smallest absolute Gasteiger partial charge is 0.311 e. The standard InChI is InChI=1S/C15H14N4O4/c1-2-22-11(20)5-10-13-12(8-3-4-21-7-8)9(6-16)14(17)23-15(13)19-18-10/h3-4,7,9,12,17H,2,5H2,1H3,(H,18,19). The summed E-state index contributed by atoms with van der Waals surface area (Å²) in [6, 6.07) is 3.80. The van der Waals surface area contributed by atoms with Gasteiger partial charge in [-0.2, -0.15) is 5.26 Å². The van der Waals surface area contributed by atoms with E-state index in [-0.39, 0.29) is 24.8 Å². The van der Waals surface area contributed by atoms with Gasteiger partial charge in [0.05, 0.1) is 37.3 Å². The summed E-state index contributed by atoms with van der Waals surface area (Å²) in [6.07, 6.45) is 2.99. The number of carbonyl (C=O) groups excluding carboxylic acids is 1. The molecule has 0 saturated heterocycles. The molecule has 2 aromatic heterocycles. The van der Waals surface area contributed by atoms with Crippen LogP contribution in [0.1, 0.15) is 29.7 Å². The Balaban J connectivity index is 2.05. The van der Waals surface area contributed by atoms with E-state index in [1.165, 1.54) is 12.5 Å². The normalized spacial score (nSPS) is 19.6. The van der Waals surface area contributed by atoms with E-state index >= 15 is 0 Å². The quantitative estimate of drug-likeness (QED) is 0.828. The largest absolute Gasteiger partial charge is 0.472 e. The van der Waals surface area contributed by atoms with Crippen molar-refractivity contribution < 1.29 is 18.7 Å². The van der Waals surface area contributed by atoms with E-state index in [9.17, 15) is 10.1 Å². The van der Waals surface area contributed by atoms with Crippen LogP contribution in [0.5, 0.6) is 5.88 Å². The minimum Gasteiger partial charge on any atom is -0.472 e. The number of ether oxygens (including phenoxy) is 2. The molecule has 0 spiro atoms.